The number of hydrogen-bond acceptors (Lipinski definition) is 1. The van der Waals surface area contributed by atoms with Crippen LogP contribution in [0.1, 0.15) is 5.56 Å². The van der Waals surface area contributed by atoms with Gasteiger partial charge in [-0.1, -0.05) is 18.2 Å². The van der Waals surface area contributed by atoms with Crippen LogP contribution in [-0.4, -0.2) is 17.3 Å². The monoisotopic (exact) mass is 170 g/mol. The van der Waals surface area contributed by atoms with Gasteiger partial charge in [-0.05, 0) is 6.07 Å². The van der Waals surface area contributed by atoms with Gasteiger partial charge in [0.1, 0.15) is 0 Å². The predicted molar refractivity (Wildman–Crippen MR) is 54.4 cm³/mol. The fourth-order valence-electron chi connectivity index (χ4n) is 1.91. The molecular weight excluding hydrogens is 160 g/mol. The van der Waals surface area contributed by atoms with E-state index in [2.05, 4.69) is 40.0 Å². The van der Waals surface area contributed by atoms with Crippen molar-refractivity contribution >= 4 is 17.1 Å². The molecule has 13 heavy (non-hydrogen) atoms. The molecule has 64 valence electrons. The summed E-state index contributed by atoms with van der Waals surface area (Å²) in [5, 5.41) is 1.31. The Morgan fingerprint density at radius 3 is 3.23 bits per heavy atom. The molecule has 0 unspecified atom stereocenters. The Kier molecular flexibility index (Phi) is 1.30. The molecule has 0 fully saturated rings. The van der Waals surface area contributed by atoms with Crippen molar-refractivity contribution in [3.8, 4) is 0 Å². The highest BCUT2D eigenvalue weighted by atomic mass is 15.0. The highest BCUT2D eigenvalue weighted by Crippen LogP contribution is 2.20. The van der Waals surface area contributed by atoms with Crippen LogP contribution in [0.4, 0.5) is 0 Å². The molecule has 1 aliphatic rings. The number of hydrogen-bond donors (Lipinski definition) is 0. The maximum atomic E-state index is 4.34. The van der Waals surface area contributed by atoms with Crippen LogP contribution in [0, 0.1) is 0 Å². The fourth-order valence-corrected chi connectivity index (χ4v) is 1.91. The lowest BCUT2D eigenvalue weighted by Crippen LogP contribution is -1.97. The van der Waals surface area contributed by atoms with Crippen LogP contribution < -0.4 is 0 Å². The van der Waals surface area contributed by atoms with E-state index in [1.165, 1.54) is 16.5 Å². The lowest BCUT2D eigenvalue weighted by Gasteiger charge is -2.01. The van der Waals surface area contributed by atoms with Gasteiger partial charge >= 0.3 is 0 Å². The number of aromatic nitrogens is 1. The van der Waals surface area contributed by atoms with Crippen molar-refractivity contribution in [2.45, 2.75) is 6.54 Å². The third kappa shape index (κ3) is 0.917. The average Bonchev–Trinajstić information content (AvgIpc) is 2.44. The van der Waals surface area contributed by atoms with Crippen molar-refractivity contribution in [3.05, 3.63) is 36.0 Å². The molecule has 0 atom stereocenters. The van der Waals surface area contributed by atoms with Crippen LogP contribution in [0.15, 0.2) is 35.5 Å². The lowest BCUT2D eigenvalue weighted by atomic mass is 10.1. The zero-order chi connectivity index (χ0) is 8.67. The van der Waals surface area contributed by atoms with Gasteiger partial charge < -0.3 is 4.57 Å². The fraction of sp³-hybridized carbons (Fsp3) is 0.182. The summed E-state index contributed by atoms with van der Waals surface area (Å²) >= 11 is 0. The van der Waals surface area contributed by atoms with E-state index >= 15 is 0 Å². The topological polar surface area (TPSA) is 17.3 Å². The minimum Gasteiger partial charge on any atom is -0.345 e. The molecule has 0 bridgehead atoms. The van der Waals surface area contributed by atoms with E-state index in [0.717, 1.165) is 13.1 Å². The second-order valence-corrected chi connectivity index (χ2v) is 3.33. The van der Waals surface area contributed by atoms with Crippen LogP contribution >= 0.6 is 0 Å². The van der Waals surface area contributed by atoms with Gasteiger partial charge in [-0.2, -0.15) is 0 Å². The normalized spacial score (nSPS) is 14.8. The number of aliphatic imine (C=N–C) groups is 1. The van der Waals surface area contributed by atoms with E-state index in [4.69, 9.17) is 0 Å². The maximum absolute atomic E-state index is 4.34. The van der Waals surface area contributed by atoms with E-state index in [-0.39, 0.29) is 0 Å². The summed E-state index contributed by atoms with van der Waals surface area (Å²) < 4.78 is 2.28. The first kappa shape index (κ1) is 6.89. The van der Waals surface area contributed by atoms with Crippen LogP contribution in [0.5, 0.6) is 0 Å². The number of para-hydroxylation sites is 1. The molecule has 2 heterocycles. The number of benzene rings is 1. The molecule has 1 aromatic heterocycles. The van der Waals surface area contributed by atoms with E-state index < -0.39 is 0 Å². The Balaban J connectivity index is 2.48. The molecule has 0 saturated heterocycles. The van der Waals surface area contributed by atoms with E-state index in [0.29, 0.717) is 0 Å². The first-order chi connectivity index (χ1) is 6.45. The second kappa shape index (κ2) is 2.46. The molecule has 2 heteroatoms. The van der Waals surface area contributed by atoms with E-state index in [1.807, 2.05) is 6.21 Å². The minimum absolute atomic E-state index is 0.887. The van der Waals surface area contributed by atoms with Gasteiger partial charge in [0.15, 0.2) is 0 Å². The zero-order valence-electron chi connectivity index (χ0n) is 7.27. The Hall–Kier alpha value is -1.57. The third-order valence-electron chi connectivity index (χ3n) is 2.52. The maximum Gasteiger partial charge on any atom is 0.0569 e. The summed E-state index contributed by atoms with van der Waals surface area (Å²) in [7, 11) is 0. The van der Waals surface area contributed by atoms with Crippen LogP contribution in [0.2, 0.25) is 0 Å². The van der Waals surface area contributed by atoms with Crippen LogP contribution in [-0.2, 0) is 6.54 Å². The molecule has 1 aromatic carbocycles. The molecule has 2 aromatic rings. The molecule has 0 aliphatic carbocycles. The van der Waals surface area contributed by atoms with Crippen LogP contribution in [0.25, 0.3) is 10.9 Å². The van der Waals surface area contributed by atoms with Crippen LogP contribution in [0.3, 0.4) is 0 Å². The second-order valence-electron chi connectivity index (χ2n) is 3.33. The first-order valence-corrected chi connectivity index (χ1v) is 4.53. The largest absolute Gasteiger partial charge is 0.345 e. The standard InChI is InChI=1S/C11H10N2/c1-2-9-4-6-13-7-5-12-8-10(3-1)11(9)13/h1-4,6,8H,5,7H2. The Morgan fingerprint density at radius 1 is 1.23 bits per heavy atom. The summed E-state index contributed by atoms with van der Waals surface area (Å²) in [5.74, 6) is 0. The summed E-state index contributed by atoms with van der Waals surface area (Å²) in [5.41, 5.74) is 2.56. The average molecular weight is 170 g/mol. The van der Waals surface area contributed by atoms with Crippen molar-refractivity contribution in [1.82, 2.24) is 4.57 Å². The third-order valence-corrected chi connectivity index (χ3v) is 2.52. The zero-order valence-corrected chi connectivity index (χ0v) is 7.27. The molecule has 0 radical (unpaired) electrons. The van der Waals surface area contributed by atoms with Crippen molar-refractivity contribution < 1.29 is 0 Å². The van der Waals surface area contributed by atoms with E-state index in [9.17, 15) is 0 Å². The van der Waals surface area contributed by atoms with Gasteiger partial charge in [-0.25, -0.2) is 0 Å². The molecular formula is C11H10N2. The van der Waals surface area contributed by atoms with Gasteiger partial charge in [0.05, 0.1) is 12.1 Å². The quantitative estimate of drug-likeness (QED) is 0.576. The Labute approximate surface area is 76.5 Å². The molecule has 0 amide bonds. The van der Waals surface area contributed by atoms with Gasteiger partial charge in [-0.3, -0.25) is 4.99 Å². The first-order valence-electron chi connectivity index (χ1n) is 4.53. The van der Waals surface area contributed by atoms with E-state index in [1.54, 1.807) is 0 Å². The van der Waals surface area contributed by atoms with Crippen molar-refractivity contribution in [1.29, 1.82) is 0 Å². The number of nitrogens with zero attached hydrogens (tertiary/aromatic N) is 2. The smallest absolute Gasteiger partial charge is 0.0569 e. The van der Waals surface area contributed by atoms with Gasteiger partial charge in [0.2, 0.25) is 0 Å². The molecule has 0 N–H and O–H groups in total. The van der Waals surface area contributed by atoms with Crippen molar-refractivity contribution in [2.75, 3.05) is 6.54 Å². The van der Waals surface area contributed by atoms with Crippen molar-refractivity contribution in [2.24, 2.45) is 4.99 Å². The lowest BCUT2D eigenvalue weighted by molar-refractivity contribution is 0.743. The SMILES string of the molecule is C1=NCCn2ccc3cccc1c32. The summed E-state index contributed by atoms with van der Waals surface area (Å²) in [4.78, 5) is 4.34. The number of rotatable bonds is 0. The summed E-state index contributed by atoms with van der Waals surface area (Å²) in [6, 6.07) is 8.51. The predicted octanol–water partition coefficient (Wildman–Crippen LogP) is 2.07. The highest BCUT2D eigenvalue weighted by molar-refractivity contribution is 5.98. The van der Waals surface area contributed by atoms with Gasteiger partial charge in [-0.15, -0.1) is 0 Å². The molecule has 0 spiro atoms. The van der Waals surface area contributed by atoms with Gasteiger partial charge in [0, 0.05) is 29.9 Å². The molecule has 3 rings (SSSR count). The molecule has 0 saturated carbocycles. The summed E-state index contributed by atoms with van der Waals surface area (Å²) in [6.07, 6.45) is 4.12. The minimum atomic E-state index is 0.887. The summed E-state index contributed by atoms with van der Waals surface area (Å²) in [6.45, 7) is 1.88. The molecule has 1 aliphatic heterocycles. The highest BCUT2D eigenvalue weighted by Gasteiger charge is 2.06. The van der Waals surface area contributed by atoms with Gasteiger partial charge in [0.25, 0.3) is 0 Å². The van der Waals surface area contributed by atoms with Crippen molar-refractivity contribution in [3.63, 3.8) is 0 Å². The Morgan fingerprint density at radius 2 is 2.23 bits per heavy atom. The Bertz CT molecular complexity index is 480. The molecule has 2 nitrogen and oxygen atoms in total.